The predicted molar refractivity (Wildman–Crippen MR) is 101 cm³/mol. The molecule has 1 N–H and O–H groups in total. The SMILES string of the molecule is N#Cc1ccccc1COc1cccc(CNC2CCc3ncnn3C2)c1. The van der Waals surface area contributed by atoms with Gasteiger partial charge in [0.15, 0.2) is 0 Å². The first-order valence-corrected chi connectivity index (χ1v) is 9.11. The molecule has 2 heterocycles. The molecule has 1 atom stereocenters. The average Bonchev–Trinajstić information content (AvgIpc) is 3.19. The smallest absolute Gasteiger partial charge is 0.138 e. The fourth-order valence-electron chi connectivity index (χ4n) is 3.33. The summed E-state index contributed by atoms with van der Waals surface area (Å²) in [5.74, 6) is 1.88. The molecule has 0 radical (unpaired) electrons. The van der Waals surface area contributed by atoms with E-state index in [1.54, 1.807) is 6.33 Å². The summed E-state index contributed by atoms with van der Waals surface area (Å²) in [6, 6.07) is 18.2. The van der Waals surface area contributed by atoms with Crippen molar-refractivity contribution in [2.45, 2.75) is 38.6 Å². The quantitative estimate of drug-likeness (QED) is 0.732. The zero-order valence-corrected chi connectivity index (χ0v) is 15.0. The Kier molecular flexibility index (Phi) is 5.13. The van der Waals surface area contributed by atoms with Gasteiger partial charge in [-0.1, -0.05) is 30.3 Å². The normalized spacial score (nSPS) is 15.7. The highest BCUT2D eigenvalue weighted by Gasteiger charge is 2.19. The van der Waals surface area contributed by atoms with Crippen LogP contribution in [0.15, 0.2) is 54.9 Å². The number of ether oxygens (including phenoxy) is 1. The Balaban J connectivity index is 1.33. The molecule has 0 bridgehead atoms. The third-order valence-electron chi connectivity index (χ3n) is 4.83. The number of rotatable bonds is 6. The number of nitriles is 1. The Morgan fingerprint density at radius 2 is 2.15 bits per heavy atom. The van der Waals surface area contributed by atoms with Crippen LogP contribution in [0.4, 0.5) is 0 Å². The highest BCUT2D eigenvalue weighted by Crippen LogP contribution is 2.18. The molecule has 0 saturated carbocycles. The van der Waals surface area contributed by atoms with Crippen LogP contribution in [0.2, 0.25) is 0 Å². The maximum absolute atomic E-state index is 9.18. The zero-order valence-electron chi connectivity index (χ0n) is 15.0. The lowest BCUT2D eigenvalue weighted by Gasteiger charge is -2.23. The minimum Gasteiger partial charge on any atom is -0.489 e. The lowest BCUT2D eigenvalue weighted by Crippen LogP contribution is -2.37. The van der Waals surface area contributed by atoms with E-state index in [-0.39, 0.29) is 0 Å². The number of nitrogens with one attached hydrogen (secondary N) is 1. The largest absolute Gasteiger partial charge is 0.489 e. The molecule has 1 aromatic heterocycles. The number of benzene rings is 2. The van der Waals surface area contributed by atoms with Gasteiger partial charge in [-0.2, -0.15) is 10.4 Å². The Labute approximate surface area is 158 Å². The number of hydrogen-bond donors (Lipinski definition) is 1. The molecule has 2 aromatic carbocycles. The summed E-state index contributed by atoms with van der Waals surface area (Å²) in [5.41, 5.74) is 2.72. The molecule has 136 valence electrons. The highest BCUT2D eigenvalue weighted by atomic mass is 16.5. The minimum absolute atomic E-state index is 0.387. The maximum atomic E-state index is 9.18. The van der Waals surface area contributed by atoms with E-state index in [0.717, 1.165) is 43.1 Å². The van der Waals surface area contributed by atoms with Gasteiger partial charge in [-0.05, 0) is 30.2 Å². The van der Waals surface area contributed by atoms with Crippen molar-refractivity contribution in [1.29, 1.82) is 5.26 Å². The molecule has 1 aliphatic heterocycles. The fourth-order valence-corrected chi connectivity index (χ4v) is 3.33. The van der Waals surface area contributed by atoms with Crippen LogP contribution in [0.1, 0.15) is 28.9 Å². The van der Waals surface area contributed by atoms with Crippen molar-refractivity contribution in [1.82, 2.24) is 20.1 Å². The van der Waals surface area contributed by atoms with Crippen molar-refractivity contribution in [3.63, 3.8) is 0 Å². The van der Waals surface area contributed by atoms with Gasteiger partial charge in [0, 0.05) is 24.6 Å². The van der Waals surface area contributed by atoms with Crippen LogP contribution in [0.5, 0.6) is 5.75 Å². The average molecular weight is 359 g/mol. The first-order chi connectivity index (χ1) is 13.3. The van der Waals surface area contributed by atoms with Gasteiger partial charge < -0.3 is 10.1 Å². The van der Waals surface area contributed by atoms with E-state index in [9.17, 15) is 5.26 Å². The molecule has 0 saturated heterocycles. The van der Waals surface area contributed by atoms with E-state index in [2.05, 4.69) is 27.5 Å². The molecule has 6 nitrogen and oxygen atoms in total. The molecule has 4 rings (SSSR count). The summed E-state index contributed by atoms with van der Waals surface area (Å²) < 4.78 is 7.88. The number of hydrogen-bond acceptors (Lipinski definition) is 5. The van der Waals surface area contributed by atoms with E-state index < -0.39 is 0 Å². The van der Waals surface area contributed by atoms with Crippen LogP contribution in [-0.2, 0) is 26.1 Å². The van der Waals surface area contributed by atoms with E-state index in [0.29, 0.717) is 18.2 Å². The molecule has 1 unspecified atom stereocenters. The van der Waals surface area contributed by atoms with E-state index in [4.69, 9.17) is 4.74 Å². The van der Waals surface area contributed by atoms with Gasteiger partial charge in [0.05, 0.1) is 18.2 Å². The predicted octanol–water partition coefficient (Wildman–Crippen LogP) is 2.83. The summed E-state index contributed by atoms with van der Waals surface area (Å²) >= 11 is 0. The van der Waals surface area contributed by atoms with Crippen LogP contribution < -0.4 is 10.1 Å². The van der Waals surface area contributed by atoms with Gasteiger partial charge in [0.25, 0.3) is 0 Å². The van der Waals surface area contributed by atoms with E-state index >= 15 is 0 Å². The second-order valence-electron chi connectivity index (χ2n) is 6.68. The number of fused-ring (bicyclic) bond motifs is 1. The number of nitrogens with zero attached hydrogens (tertiary/aromatic N) is 4. The van der Waals surface area contributed by atoms with Crippen LogP contribution >= 0.6 is 0 Å². The molecule has 3 aromatic rings. The van der Waals surface area contributed by atoms with Crippen LogP contribution in [0.3, 0.4) is 0 Å². The second kappa shape index (κ2) is 8.02. The van der Waals surface area contributed by atoms with E-state index in [1.807, 2.05) is 47.1 Å². The Morgan fingerprint density at radius 1 is 1.22 bits per heavy atom. The summed E-state index contributed by atoms with van der Waals surface area (Å²) in [6.07, 6.45) is 3.65. The van der Waals surface area contributed by atoms with Crippen molar-refractivity contribution >= 4 is 0 Å². The lowest BCUT2D eigenvalue weighted by molar-refractivity contribution is 0.305. The van der Waals surface area contributed by atoms with Crippen LogP contribution in [0.25, 0.3) is 0 Å². The maximum Gasteiger partial charge on any atom is 0.138 e. The third kappa shape index (κ3) is 4.15. The Morgan fingerprint density at radius 3 is 3.07 bits per heavy atom. The van der Waals surface area contributed by atoms with Crippen molar-refractivity contribution in [2.24, 2.45) is 0 Å². The zero-order chi connectivity index (χ0) is 18.5. The first-order valence-electron chi connectivity index (χ1n) is 9.11. The van der Waals surface area contributed by atoms with Crippen LogP contribution in [-0.4, -0.2) is 20.8 Å². The van der Waals surface area contributed by atoms with Crippen molar-refractivity contribution in [3.05, 3.63) is 77.4 Å². The van der Waals surface area contributed by atoms with Gasteiger partial charge in [-0.3, -0.25) is 0 Å². The molecular weight excluding hydrogens is 338 g/mol. The van der Waals surface area contributed by atoms with Crippen LogP contribution in [0, 0.1) is 11.3 Å². The molecular formula is C21H21N5O. The Hall–Kier alpha value is -3.17. The molecule has 0 amide bonds. The Bertz CT molecular complexity index is 959. The molecule has 0 aliphatic carbocycles. The summed E-state index contributed by atoms with van der Waals surface area (Å²) in [5, 5.41) is 17.0. The standard InChI is InChI=1S/C21H21N5O/c22-11-17-5-1-2-6-18(17)14-27-20-7-3-4-16(10-20)12-23-19-8-9-21-24-15-25-26(21)13-19/h1-7,10,15,19,23H,8-9,12-14H2. The second-order valence-corrected chi connectivity index (χ2v) is 6.68. The molecule has 27 heavy (non-hydrogen) atoms. The number of aryl methyl sites for hydroxylation is 1. The van der Waals surface area contributed by atoms with Gasteiger partial charge in [0.2, 0.25) is 0 Å². The summed E-state index contributed by atoms with van der Waals surface area (Å²) in [7, 11) is 0. The van der Waals surface area contributed by atoms with Gasteiger partial charge >= 0.3 is 0 Å². The summed E-state index contributed by atoms with van der Waals surface area (Å²) in [6.45, 7) is 2.02. The number of aromatic nitrogens is 3. The summed E-state index contributed by atoms with van der Waals surface area (Å²) in [4.78, 5) is 4.27. The monoisotopic (exact) mass is 359 g/mol. The topological polar surface area (TPSA) is 75.8 Å². The lowest BCUT2D eigenvalue weighted by atomic mass is 10.1. The molecule has 6 heteroatoms. The fraction of sp³-hybridized carbons (Fsp3) is 0.286. The third-order valence-corrected chi connectivity index (χ3v) is 4.83. The van der Waals surface area contributed by atoms with Crippen molar-refractivity contribution in [3.8, 4) is 11.8 Å². The van der Waals surface area contributed by atoms with Gasteiger partial charge in [0.1, 0.15) is 24.5 Å². The first kappa shape index (κ1) is 17.3. The minimum atomic E-state index is 0.387. The van der Waals surface area contributed by atoms with Gasteiger partial charge in [-0.25, -0.2) is 9.67 Å². The van der Waals surface area contributed by atoms with Gasteiger partial charge in [-0.15, -0.1) is 0 Å². The molecule has 0 fully saturated rings. The highest BCUT2D eigenvalue weighted by molar-refractivity contribution is 5.37. The van der Waals surface area contributed by atoms with E-state index in [1.165, 1.54) is 5.56 Å². The molecule has 1 aliphatic rings. The van der Waals surface area contributed by atoms with Crippen molar-refractivity contribution in [2.75, 3.05) is 0 Å². The molecule has 0 spiro atoms. The van der Waals surface area contributed by atoms with Crippen molar-refractivity contribution < 1.29 is 4.74 Å².